The molecular formula is C17H15F2NO2S. The highest BCUT2D eigenvalue weighted by Gasteiger charge is 2.16. The Balaban J connectivity index is 2.03. The van der Waals surface area contributed by atoms with E-state index in [-0.39, 0.29) is 11.7 Å². The van der Waals surface area contributed by atoms with Gasteiger partial charge in [-0.2, -0.15) is 0 Å². The second-order valence-corrected chi connectivity index (χ2v) is 6.38. The maximum absolute atomic E-state index is 13.2. The van der Waals surface area contributed by atoms with Crippen molar-refractivity contribution in [2.75, 3.05) is 5.32 Å². The number of anilines is 1. The molecule has 1 N–H and O–H groups in total. The normalized spacial score (nSPS) is 11.8. The molecule has 6 heteroatoms. The Kier molecular flexibility index (Phi) is 5.50. The number of carbonyl (C=O) groups excluding carboxylic acids is 2. The minimum absolute atomic E-state index is 0.0923. The van der Waals surface area contributed by atoms with Gasteiger partial charge < -0.3 is 5.32 Å². The van der Waals surface area contributed by atoms with E-state index >= 15 is 0 Å². The van der Waals surface area contributed by atoms with Crippen LogP contribution in [0.25, 0.3) is 0 Å². The van der Waals surface area contributed by atoms with Crippen molar-refractivity contribution in [3.8, 4) is 0 Å². The number of hydrogen-bond donors (Lipinski definition) is 1. The quantitative estimate of drug-likeness (QED) is 0.655. The van der Waals surface area contributed by atoms with E-state index in [2.05, 4.69) is 5.32 Å². The smallest absolute Gasteiger partial charge is 0.237 e. The van der Waals surface area contributed by atoms with E-state index in [1.807, 2.05) is 0 Å². The molecule has 0 heterocycles. The van der Waals surface area contributed by atoms with Gasteiger partial charge in [-0.15, -0.1) is 11.8 Å². The number of nitrogens with one attached hydrogen (secondary N) is 1. The topological polar surface area (TPSA) is 46.2 Å². The van der Waals surface area contributed by atoms with E-state index < -0.39 is 16.9 Å². The fourth-order valence-corrected chi connectivity index (χ4v) is 2.76. The molecule has 2 aromatic rings. The maximum Gasteiger partial charge on any atom is 0.237 e. The number of carbonyl (C=O) groups is 2. The lowest BCUT2D eigenvalue weighted by Gasteiger charge is -2.12. The van der Waals surface area contributed by atoms with Crippen molar-refractivity contribution >= 4 is 29.1 Å². The fraction of sp³-hybridized carbons (Fsp3) is 0.176. The molecule has 0 bridgehead atoms. The Morgan fingerprint density at radius 3 is 2.48 bits per heavy atom. The van der Waals surface area contributed by atoms with Gasteiger partial charge in [-0.1, -0.05) is 12.1 Å². The molecule has 1 atom stereocenters. The lowest BCUT2D eigenvalue weighted by atomic mass is 10.1. The molecule has 3 nitrogen and oxygen atoms in total. The van der Waals surface area contributed by atoms with Crippen LogP contribution in [0.2, 0.25) is 0 Å². The molecule has 0 aromatic heterocycles. The van der Waals surface area contributed by atoms with E-state index in [1.165, 1.54) is 13.0 Å². The first-order chi connectivity index (χ1) is 10.9. The lowest BCUT2D eigenvalue weighted by molar-refractivity contribution is -0.115. The fourth-order valence-electron chi connectivity index (χ4n) is 1.87. The van der Waals surface area contributed by atoms with Crippen molar-refractivity contribution in [1.82, 2.24) is 0 Å². The summed E-state index contributed by atoms with van der Waals surface area (Å²) in [7, 11) is 0. The SMILES string of the molecule is CC(=O)c1cccc(NC(=O)[C@H](C)Sc2ccc(F)c(F)c2)c1. The number of hydrogen-bond acceptors (Lipinski definition) is 3. The summed E-state index contributed by atoms with van der Waals surface area (Å²) in [6, 6.07) is 10.1. The summed E-state index contributed by atoms with van der Waals surface area (Å²) in [6.07, 6.45) is 0. The van der Waals surface area contributed by atoms with Crippen molar-refractivity contribution in [3.63, 3.8) is 0 Å². The van der Waals surface area contributed by atoms with E-state index in [4.69, 9.17) is 0 Å². The van der Waals surface area contributed by atoms with Gasteiger partial charge in [-0.3, -0.25) is 9.59 Å². The molecule has 0 fully saturated rings. The van der Waals surface area contributed by atoms with Crippen molar-refractivity contribution in [3.05, 3.63) is 59.7 Å². The van der Waals surface area contributed by atoms with Crippen LogP contribution in [0.15, 0.2) is 47.4 Å². The van der Waals surface area contributed by atoms with Crippen LogP contribution in [0.1, 0.15) is 24.2 Å². The van der Waals surface area contributed by atoms with Gasteiger partial charge in [0.15, 0.2) is 17.4 Å². The number of thioether (sulfide) groups is 1. The zero-order valence-corrected chi connectivity index (χ0v) is 13.4. The minimum atomic E-state index is -0.947. The summed E-state index contributed by atoms with van der Waals surface area (Å²) >= 11 is 1.12. The van der Waals surface area contributed by atoms with Gasteiger partial charge in [0.2, 0.25) is 5.91 Å². The van der Waals surface area contributed by atoms with E-state index in [0.717, 1.165) is 23.9 Å². The van der Waals surface area contributed by atoms with Crippen LogP contribution >= 0.6 is 11.8 Å². The lowest BCUT2D eigenvalue weighted by Crippen LogP contribution is -2.22. The van der Waals surface area contributed by atoms with Gasteiger partial charge in [0.1, 0.15) is 0 Å². The Hall–Kier alpha value is -2.21. The Bertz CT molecular complexity index is 749. The Morgan fingerprint density at radius 1 is 1.09 bits per heavy atom. The van der Waals surface area contributed by atoms with Crippen LogP contribution in [0, 0.1) is 11.6 Å². The summed E-state index contributed by atoms with van der Waals surface area (Å²) in [6.45, 7) is 3.11. The summed E-state index contributed by atoms with van der Waals surface area (Å²) in [5.74, 6) is -2.25. The van der Waals surface area contributed by atoms with Gasteiger partial charge >= 0.3 is 0 Å². The van der Waals surface area contributed by atoms with Gasteiger partial charge in [-0.05, 0) is 44.2 Å². The molecule has 0 saturated heterocycles. The zero-order valence-electron chi connectivity index (χ0n) is 12.6. The molecule has 0 radical (unpaired) electrons. The third-order valence-corrected chi connectivity index (χ3v) is 4.20. The molecule has 0 aliphatic heterocycles. The van der Waals surface area contributed by atoms with Crippen LogP contribution in [-0.4, -0.2) is 16.9 Å². The average Bonchev–Trinajstić information content (AvgIpc) is 2.51. The molecule has 0 aliphatic carbocycles. The first kappa shape index (κ1) is 17.1. The molecular weight excluding hydrogens is 320 g/mol. The molecule has 0 saturated carbocycles. The third kappa shape index (κ3) is 4.63. The molecule has 23 heavy (non-hydrogen) atoms. The van der Waals surface area contributed by atoms with Crippen molar-refractivity contribution in [1.29, 1.82) is 0 Å². The van der Waals surface area contributed by atoms with Gasteiger partial charge in [-0.25, -0.2) is 8.78 Å². The number of amides is 1. The second-order valence-electron chi connectivity index (χ2n) is 4.96. The largest absolute Gasteiger partial charge is 0.325 e. The molecule has 2 rings (SSSR count). The number of rotatable bonds is 5. The summed E-state index contributed by atoms with van der Waals surface area (Å²) in [5, 5.41) is 2.19. The van der Waals surface area contributed by atoms with E-state index in [1.54, 1.807) is 31.2 Å². The van der Waals surface area contributed by atoms with Crippen molar-refractivity contribution in [2.24, 2.45) is 0 Å². The van der Waals surface area contributed by atoms with E-state index in [0.29, 0.717) is 16.1 Å². The van der Waals surface area contributed by atoms with Crippen LogP contribution in [0.4, 0.5) is 14.5 Å². The predicted octanol–water partition coefficient (Wildman–Crippen LogP) is 4.29. The van der Waals surface area contributed by atoms with Crippen LogP contribution in [-0.2, 0) is 4.79 Å². The minimum Gasteiger partial charge on any atom is -0.325 e. The van der Waals surface area contributed by atoms with Crippen molar-refractivity contribution in [2.45, 2.75) is 24.0 Å². The number of benzene rings is 2. The zero-order chi connectivity index (χ0) is 17.0. The molecule has 0 spiro atoms. The monoisotopic (exact) mass is 335 g/mol. The number of halogens is 2. The first-order valence-electron chi connectivity index (χ1n) is 6.90. The summed E-state index contributed by atoms with van der Waals surface area (Å²) < 4.78 is 26.1. The van der Waals surface area contributed by atoms with Crippen LogP contribution in [0.3, 0.4) is 0 Å². The third-order valence-electron chi connectivity index (χ3n) is 3.11. The van der Waals surface area contributed by atoms with Crippen LogP contribution in [0.5, 0.6) is 0 Å². The van der Waals surface area contributed by atoms with Gasteiger partial charge in [0.05, 0.1) is 5.25 Å². The highest BCUT2D eigenvalue weighted by molar-refractivity contribution is 8.00. The Labute approximate surface area is 137 Å². The first-order valence-corrected chi connectivity index (χ1v) is 7.78. The number of Topliss-reactive ketones (excluding diaryl/α,β-unsaturated/α-hetero) is 1. The summed E-state index contributed by atoms with van der Waals surface area (Å²) in [4.78, 5) is 24.0. The molecule has 2 aromatic carbocycles. The molecule has 1 amide bonds. The average molecular weight is 335 g/mol. The molecule has 120 valence electrons. The van der Waals surface area contributed by atoms with Gasteiger partial charge in [0.25, 0.3) is 0 Å². The maximum atomic E-state index is 13.2. The van der Waals surface area contributed by atoms with Crippen LogP contribution < -0.4 is 5.32 Å². The van der Waals surface area contributed by atoms with Gasteiger partial charge in [0, 0.05) is 16.1 Å². The summed E-state index contributed by atoms with van der Waals surface area (Å²) in [5.41, 5.74) is 1.02. The predicted molar refractivity (Wildman–Crippen MR) is 86.8 cm³/mol. The Morgan fingerprint density at radius 2 is 1.83 bits per heavy atom. The molecule has 0 aliphatic rings. The highest BCUT2D eigenvalue weighted by atomic mass is 32.2. The standard InChI is InChI=1S/C17H15F2NO2S/c1-10(21)12-4-3-5-13(8-12)20-17(22)11(2)23-14-6-7-15(18)16(19)9-14/h3-9,11H,1-2H3,(H,20,22)/t11-/m0/s1. The van der Waals surface area contributed by atoms with E-state index in [9.17, 15) is 18.4 Å². The molecule has 0 unspecified atom stereocenters. The number of ketones is 1. The van der Waals surface area contributed by atoms with Crippen molar-refractivity contribution < 1.29 is 18.4 Å². The second kappa shape index (κ2) is 7.37. The highest BCUT2D eigenvalue weighted by Crippen LogP contribution is 2.25.